The fourth-order valence-electron chi connectivity index (χ4n) is 4.67. The molecule has 1 aromatic carbocycles. The Hall–Kier alpha value is -3.24. The Balaban J connectivity index is 1.40. The predicted molar refractivity (Wildman–Crippen MR) is 129 cm³/mol. The van der Waals surface area contributed by atoms with Crippen LogP contribution in [0.4, 0.5) is 13.2 Å². The number of rotatable bonds is 5. The molecule has 1 aliphatic heterocycles. The number of carbonyl (C=O) groups excluding carboxylic acids is 1. The number of fused-ring (bicyclic) bond motifs is 1. The van der Waals surface area contributed by atoms with E-state index in [9.17, 15) is 27.9 Å². The fourth-order valence-corrected chi connectivity index (χ4v) is 5.83. The maximum absolute atomic E-state index is 13.1. The Kier molecular flexibility index (Phi) is 6.12. The molecule has 0 spiro atoms. The van der Waals surface area contributed by atoms with Crippen molar-refractivity contribution in [1.29, 1.82) is 0 Å². The monoisotopic (exact) mass is 515 g/mol. The van der Waals surface area contributed by atoms with Crippen molar-refractivity contribution in [3.63, 3.8) is 0 Å². The maximum Gasteiger partial charge on any atom is 0.416 e. The molecule has 0 unspecified atom stereocenters. The molecule has 6 nitrogen and oxygen atoms in total. The van der Waals surface area contributed by atoms with E-state index in [0.717, 1.165) is 41.5 Å². The van der Waals surface area contributed by atoms with Crippen molar-refractivity contribution in [1.82, 2.24) is 14.9 Å². The van der Waals surface area contributed by atoms with Crippen molar-refractivity contribution in [2.24, 2.45) is 0 Å². The third-order valence-corrected chi connectivity index (χ3v) is 8.05. The second-order valence-corrected chi connectivity index (χ2v) is 10.2. The van der Waals surface area contributed by atoms with Gasteiger partial charge in [-0.3, -0.25) is 9.59 Å². The highest BCUT2D eigenvalue weighted by atomic mass is 32.1. The number of benzene rings is 1. The number of hydrogen-bond acceptors (Lipinski definition) is 5. The Bertz CT molecular complexity index is 1390. The number of halogens is 3. The number of nitrogens with one attached hydrogen (secondary N) is 1. The minimum absolute atomic E-state index is 0.0700. The number of aromatic amines is 1. The number of alkyl halides is 3. The van der Waals surface area contributed by atoms with Crippen LogP contribution in [0.3, 0.4) is 0 Å². The third-order valence-electron chi connectivity index (χ3n) is 6.90. The van der Waals surface area contributed by atoms with Gasteiger partial charge in [-0.2, -0.15) is 13.2 Å². The van der Waals surface area contributed by atoms with Gasteiger partial charge in [-0.05, 0) is 60.4 Å². The minimum atomic E-state index is -4.59. The molecule has 1 aliphatic carbocycles. The number of aliphatic hydroxyl groups is 1. The van der Waals surface area contributed by atoms with Crippen LogP contribution in [0.15, 0.2) is 47.1 Å². The van der Waals surface area contributed by atoms with Gasteiger partial charge in [-0.15, -0.1) is 11.3 Å². The zero-order valence-electron chi connectivity index (χ0n) is 19.3. The molecule has 10 heteroatoms. The number of H-pyrrole nitrogens is 1. The van der Waals surface area contributed by atoms with Crippen LogP contribution in [0.2, 0.25) is 0 Å². The van der Waals surface area contributed by atoms with E-state index in [-0.39, 0.29) is 29.6 Å². The van der Waals surface area contributed by atoms with E-state index in [1.165, 1.54) is 11.0 Å². The molecule has 2 aromatic heterocycles. The summed E-state index contributed by atoms with van der Waals surface area (Å²) in [4.78, 5) is 36.4. The normalized spacial score (nSPS) is 17.7. The van der Waals surface area contributed by atoms with Gasteiger partial charge in [-0.1, -0.05) is 24.8 Å². The van der Waals surface area contributed by atoms with E-state index < -0.39 is 23.8 Å². The molecule has 36 heavy (non-hydrogen) atoms. The standard InChI is InChI=1S/C26H24F3N3O3S/c1-2-15-11-20(36-14-15)25(8-9-25)24-30-19-7-4-10-32(13-18(19)22(34)31-24)23(35)21(33)16-5-3-6-17(12-16)26(27,28)29/h2-3,5-6,11-12,14,21,33H,1,4,7-10,13H2,(H,30,31,34)/t21-/m1/s1. The van der Waals surface area contributed by atoms with Gasteiger partial charge in [0.2, 0.25) is 0 Å². The summed E-state index contributed by atoms with van der Waals surface area (Å²) in [5.41, 5.74) is 0.232. The summed E-state index contributed by atoms with van der Waals surface area (Å²) in [5.74, 6) is -0.132. The molecule has 1 atom stereocenters. The minimum Gasteiger partial charge on any atom is -0.378 e. The van der Waals surface area contributed by atoms with Gasteiger partial charge < -0.3 is 15.0 Å². The average molecular weight is 516 g/mol. The summed E-state index contributed by atoms with van der Waals surface area (Å²) in [7, 11) is 0. The number of hydrogen-bond donors (Lipinski definition) is 2. The van der Waals surface area contributed by atoms with E-state index in [0.29, 0.717) is 29.9 Å². The first-order valence-electron chi connectivity index (χ1n) is 11.6. The van der Waals surface area contributed by atoms with Crippen LogP contribution in [-0.4, -0.2) is 32.4 Å². The van der Waals surface area contributed by atoms with E-state index in [1.54, 1.807) is 17.4 Å². The largest absolute Gasteiger partial charge is 0.416 e. The molecule has 1 fully saturated rings. The van der Waals surface area contributed by atoms with Crippen LogP contribution in [0, 0.1) is 0 Å². The molecular formula is C26H24F3N3O3S. The predicted octanol–water partition coefficient (Wildman–Crippen LogP) is 4.58. The van der Waals surface area contributed by atoms with Crippen molar-refractivity contribution < 1.29 is 23.1 Å². The first kappa shape index (κ1) is 24.5. The molecule has 1 amide bonds. The van der Waals surface area contributed by atoms with Crippen molar-refractivity contribution in [2.45, 2.75) is 49.9 Å². The van der Waals surface area contributed by atoms with Crippen molar-refractivity contribution in [3.05, 3.63) is 91.3 Å². The summed E-state index contributed by atoms with van der Waals surface area (Å²) in [6.07, 6.45) is -1.84. The molecule has 2 aliphatic rings. The lowest BCUT2D eigenvalue weighted by atomic mass is 10.0. The van der Waals surface area contributed by atoms with E-state index in [4.69, 9.17) is 4.98 Å². The number of aryl methyl sites for hydroxylation is 1. The van der Waals surface area contributed by atoms with Crippen LogP contribution >= 0.6 is 11.3 Å². The lowest BCUT2D eigenvalue weighted by molar-refractivity contribution is -0.142. The summed E-state index contributed by atoms with van der Waals surface area (Å²) in [6, 6.07) is 6.15. The molecule has 188 valence electrons. The Morgan fingerprint density at radius 2 is 2.08 bits per heavy atom. The van der Waals surface area contributed by atoms with Gasteiger partial charge in [0.05, 0.1) is 28.8 Å². The van der Waals surface area contributed by atoms with Crippen LogP contribution in [-0.2, 0) is 29.4 Å². The summed E-state index contributed by atoms with van der Waals surface area (Å²) in [6.45, 7) is 3.98. The number of carbonyl (C=O) groups is 1. The molecule has 1 saturated carbocycles. The zero-order chi connectivity index (χ0) is 25.7. The molecule has 5 rings (SSSR count). The second-order valence-electron chi connectivity index (χ2n) is 9.26. The van der Waals surface area contributed by atoms with Gasteiger partial charge in [0.1, 0.15) is 5.82 Å². The Labute approximate surface area is 209 Å². The van der Waals surface area contributed by atoms with E-state index in [1.807, 2.05) is 5.38 Å². The van der Waals surface area contributed by atoms with Gasteiger partial charge in [0.25, 0.3) is 11.5 Å². The molecule has 0 saturated heterocycles. The van der Waals surface area contributed by atoms with Crippen LogP contribution in [0.1, 0.15) is 64.0 Å². The molecule has 0 bridgehead atoms. The lowest BCUT2D eigenvalue weighted by Gasteiger charge is -2.24. The van der Waals surface area contributed by atoms with Crippen LogP contribution in [0.25, 0.3) is 6.08 Å². The van der Waals surface area contributed by atoms with Gasteiger partial charge in [0, 0.05) is 11.4 Å². The molecule has 3 heterocycles. The fraction of sp³-hybridized carbons (Fsp3) is 0.346. The Morgan fingerprint density at radius 3 is 2.75 bits per heavy atom. The first-order valence-corrected chi connectivity index (χ1v) is 12.5. The van der Waals surface area contributed by atoms with Gasteiger partial charge in [-0.25, -0.2) is 4.98 Å². The molecule has 2 N–H and O–H groups in total. The second kappa shape index (κ2) is 9.01. The quantitative estimate of drug-likeness (QED) is 0.521. The van der Waals surface area contributed by atoms with Crippen molar-refractivity contribution >= 4 is 23.3 Å². The molecular weight excluding hydrogens is 491 g/mol. The Morgan fingerprint density at radius 1 is 1.31 bits per heavy atom. The smallest absolute Gasteiger partial charge is 0.378 e. The van der Waals surface area contributed by atoms with E-state index in [2.05, 4.69) is 17.6 Å². The van der Waals surface area contributed by atoms with Crippen molar-refractivity contribution in [3.8, 4) is 0 Å². The zero-order valence-corrected chi connectivity index (χ0v) is 20.1. The molecule has 3 aromatic rings. The third kappa shape index (κ3) is 4.39. The number of nitrogens with zero attached hydrogens (tertiary/aromatic N) is 2. The lowest BCUT2D eigenvalue weighted by Crippen LogP contribution is -2.36. The highest BCUT2D eigenvalue weighted by molar-refractivity contribution is 7.10. The van der Waals surface area contributed by atoms with Gasteiger partial charge >= 0.3 is 6.18 Å². The summed E-state index contributed by atoms with van der Waals surface area (Å²) < 4.78 is 39.2. The number of aromatic nitrogens is 2. The van der Waals surface area contributed by atoms with Crippen LogP contribution < -0.4 is 5.56 Å². The first-order chi connectivity index (χ1) is 17.1. The summed E-state index contributed by atoms with van der Waals surface area (Å²) in [5, 5.41) is 12.6. The maximum atomic E-state index is 13.1. The SMILES string of the molecule is C=Cc1csc(C2(c3nc4c(c(=O)[nH]3)CN(C(=O)[C@H](O)c3cccc(C(F)(F)F)c3)CCC4)CC2)c1. The highest BCUT2D eigenvalue weighted by Crippen LogP contribution is 2.54. The van der Waals surface area contributed by atoms with Crippen molar-refractivity contribution in [2.75, 3.05) is 6.54 Å². The number of amides is 1. The highest BCUT2D eigenvalue weighted by Gasteiger charge is 2.50. The van der Waals surface area contributed by atoms with E-state index >= 15 is 0 Å². The topological polar surface area (TPSA) is 86.3 Å². The summed E-state index contributed by atoms with van der Waals surface area (Å²) >= 11 is 1.61. The average Bonchev–Trinajstić information content (AvgIpc) is 3.58. The molecule has 0 radical (unpaired) electrons. The number of aliphatic hydroxyl groups excluding tert-OH is 1. The van der Waals surface area contributed by atoms with Crippen LogP contribution in [0.5, 0.6) is 0 Å². The number of thiophene rings is 1. The van der Waals surface area contributed by atoms with Gasteiger partial charge in [0.15, 0.2) is 6.10 Å².